The summed E-state index contributed by atoms with van der Waals surface area (Å²) in [5, 5.41) is 5.51. The topological polar surface area (TPSA) is 12.9 Å². The maximum Gasteiger partial charge on any atom is 0.0273 e. The summed E-state index contributed by atoms with van der Waals surface area (Å²) < 4.78 is 0. The van der Waals surface area contributed by atoms with Crippen molar-refractivity contribution in [2.24, 2.45) is 0 Å². The first kappa shape index (κ1) is 14.7. The Morgan fingerprint density at radius 3 is 2.44 bits per heavy atom. The Morgan fingerprint density at radius 2 is 1.60 bits per heavy atom. The number of aromatic nitrogens is 1. The maximum absolute atomic E-state index is 4.19. The third-order valence-electron chi connectivity index (χ3n) is 5.78. The summed E-state index contributed by atoms with van der Waals surface area (Å²) in [6.07, 6.45) is 7.58. The van der Waals surface area contributed by atoms with Gasteiger partial charge in [-0.05, 0) is 87.2 Å². The van der Waals surface area contributed by atoms with Gasteiger partial charge in [-0.1, -0.05) is 43.3 Å². The number of rotatable bonds is 1. The quantitative estimate of drug-likeness (QED) is 0.365. The molecule has 0 saturated carbocycles. The Labute approximate surface area is 148 Å². The zero-order valence-electron chi connectivity index (χ0n) is 14.5. The highest BCUT2D eigenvalue weighted by Crippen LogP contribution is 2.41. The number of benzene rings is 3. The molecule has 25 heavy (non-hydrogen) atoms. The van der Waals surface area contributed by atoms with Gasteiger partial charge >= 0.3 is 0 Å². The summed E-state index contributed by atoms with van der Waals surface area (Å²) in [6, 6.07) is 20.2. The Bertz CT molecular complexity index is 1080. The molecule has 0 fully saturated rings. The van der Waals surface area contributed by atoms with E-state index in [1.807, 2.05) is 12.4 Å². The van der Waals surface area contributed by atoms with Crippen molar-refractivity contribution in [3.05, 3.63) is 78.1 Å². The van der Waals surface area contributed by atoms with Crippen LogP contribution in [-0.2, 0) is 6.42 Å². The van der Waals surface area contributed by atoms with Crippen molar-refractivity contribution >= 4 is 21.5 Å². The minimum atomic E-state index is 0.670. The van der Waals surface area contributed by atoms with Crippen LogP contribution < -0.4 is 0 Å². The number of hydrogen-bond donors (Lipinski definition) is 0. The molecule has 5 rings (SSSR count). The van der Waals surface area contributed by atoms with Crippen LogP contribution in [0.3, 0.4) is 0 Å². The van der Waals surface area contributed by atoms with E-state index in [0.29, 0.717) is 5.92 Å². The minimum absolute atomic E-state index is 0.670. The van der Waals surface area contributed by atoms with Crippen molar-refractivity contribution in [1.29, 1.82) is 0 Å². The SMILES string of the molecule is CC1CCCc2c1ccc1c2cc(-c2ccncc2)c2ccccc21. The summed E-state index contributed by atoms with van der Waals surface area (Å²) in [5.41, 5.74) is 5.68. The molecule has 1 aromatic heterocycles. The van der Waals surface area contributed by atoms with Crippen molar-refractivity contribution < 1.29 is 0 Å². The number of hydrogen-bond acceptors (Lipinski definition) is 1. The number of pyridine rings is 1. The van der Waals surface area contributed by atoms with Crippen LogP contribution in [0.4, 0.5) is 0 Å². The zero-order chi connectivity index (χ0) is 16.8. The molecule has 0 radical (unpaired) electrons. The van der Waals surface area contributed by atoms with Crippen LogP contribution in [0.15, 0.2) is 67.0 Å². The molecule has 0 amide bonds. The van der Waals surface area contributed by atoms with Gasteiger partial charge in [0.25, 0.3) is 0 Å². The number of fused-ring (bicyclic) bond motifs is 5. The Balaban J connectivity index is 1.93. The fraction of sp³-hybridized carbons (Fsp3) is 0.208. The molecule has 0 N–H and O–H groups in total. The van der Waals surface area contributed by atoms with Crippen LogP contribution in [0, 0.1) is 0 Å². The van der Waals surface area contributed by atoms with Crippen LogP contribution in [0.2, 0.25) is 0 Å². The van der Waals surface area contributed by atoms with E-state index in [1.165, 1.54) is 51.9 Å². The molecule has 0 aliphatic heterocycles. The van der Waals surface area contributed by atoms with E-state index in [0.717, 1.165) is 0 Å². The van der Waals surface area contributed by atoms with E-state index in [9.17, 15) is 0 Å². The molecule has 1 heteroatoms. The number of nitrogens with zero attached hydrogens (tertiary/aromatic N) is 1. The zero-order valence-corrected chi connectivity index (χ0v) is 14.5. The highest BCUT2D eigenvalue weighted by Gasteiger charge is 2.20. The molecule has 3 aromatic carbocycles. The van der Waals surface area contributed by atoms with E-state index >= 15 is 0 Å². The minimum Gasteiger partial charge on any atom is -0.265 e. The highest BCUT2D eigenvalue weighted by atomic mass is 14.6. The first-order valence-electron chi connectivity index (χ1n) is 9.20. The van der Waals surface area contributed by atoms with E-state index in [1.54, 1.807) is 11.1 Å². The molecule has 0 spiro atoms. The van der Waals surface area contributed by atoms with Crippen LogP contribution >= 0.6 is 0 Å². The molecule has 122 valence electrons. The highest BCUT2D eigenvalue weighted by molar-refractivity contribution is 6.14. The van der Waals surface area contributed by atoms with E-state index in [2.05, 4.69) is 66.5 Å². The van der Waals surface area contributed by atoms with Gasteiger partial charge in [0.1, 0.15) is 0 Å². The first-order valence-corrected chi connectivity index (χ1v) is 9.20. The summed E-state index contributed by atoms with van der Waals surface area (Å²) in [6.45, 7) is 2.37. The monoisotopic (exact) mass is 323 g/mol. The second kappa shape index (κ2) is 5.70. The average molecular weight is 323 g/mol. The molecule has 1 unspecified atom stereocenters. The first-order chi connectivity index (χ1) is 12.3. The molecule has 1 aliphatic carbocycles. The fourth-order valence-electron chi connectivity index (χ4n) is 4.51. The molecule has 0 saturated heterocycles. The van der Waals surface area contributed by atoms with Crippen LogP contribution in [0.1, 0.15) is 36.8 Å². The molecule has 1 atom stereocenters. The third kappa shape index (κ3) is 2.26. The second-order valence-corrected chi connectivity index (χ2v) is 7.23. The van der Waals surface area contributed by atoms with Crippen molar-refractivity contribution in [3.8, 4) is 11.1 Å². The Morgan fingerprint density at radius 1 is 0.840 bits per heavy atom. The van der Waals surface area contributed by atoms with Crippen molar-refractivity contribution in [2.75, 3.05) is 0 Å². The normalized spacial score (nSPS) is 16.9. The lowest BCUT2D eigenvalue weighted by Crippen LogP contribution is -2.07. The molecule has 4 aromatic rings. The van der Waals surface area contributed by atoms with Crippen molar-refractivity contribution in [2.45, 2.75) is 32.1 Å². The maximum atomic E-state index is 4.19. The van der Waals surface area contributed by atoms with Gasteiger partial charge in [-0.2, -0.15) is 0 Å². The van der Waals surface area contributed by atoms with Gasteiger partial charge in [0.05, 0.1) is 0 Å². The van der Waals surface area contributed by atoms with Crippen LogP contribution in [0.25, 0.3) is 32.7 Å². The second-order valence-electron chi connectivity index (χ2n) is 7.23. The summed E-state index contributed by atoms with van der Waals surface area (Å²) in [7, 11) is 0. The van der Waals surface area contributed by atoms with Gasteiger partial charge < -0.3 is 0 Å². The van der Waals surface area contributed by atoms with Gasteiger partial charge in [-0.15, -0.1) is 0 Å². The Hall–Kier alpha value is -2.67. The Kier molecular flexibility index (Phi) is 3.34. The predicted molar refractivity (Wildman–Crippen MR) is 106 cm³/mol. The van der Waals surface area contributed by atoms with Gasteiger partial charge in [0.15, 0.2) is 0 Å². The molecule has 0 bridgehead atoms. The van der Waals surface area contributed by atoms with E-state index < -0.39 is 0 Å². The lowest BCUT2D eigenvalue weighted by atomic mass is 9.80. The average Bonchev–Trinajstić information content (AvgIpc) is 2.68. The molecular formula is C24H21N. The molecule has 1 aliphatic rings. The molecule has 1 heterocycles. The van der Waals surface area contributed by atoms with Gasteiger partial charge in [-0.3, -0.25) is 4.98 Å². The summed E-state index contributed by atoms with van der Waals surface area (Å²) in [5.74, 6) is 0.670. The van der Waals surface area contributed by atoms with E-state index in [4.69, 9.17) is 0 Å². The smallest absolute Gasteiger partial charge is 0.0273 e. The van der Waals surface area contributed by atoms with Crippen molar-refractivity contribution in [3.63, 3.8) is 0 Å². The lowest BCUT2D eigenvalue weighted by molar-refractivity contribution is 0.593. The summed E-state index contributed by atoms with van der Waals surface area (Å²) >= 11 is 0. The largest absolute Gasteiger partial charge is 0.265 e. The van der Waals surface area contributed by atoms with Crippen molar-refractivity contribution in [1.82, 2.24) is 4.98 Å². The molecular weight excluding hydrogens is 302 g/mol. The predicted octanol–water partition coefficient (Wildman–Crippen LogP) is 6.49. The van der Waals surface area contributed by atoms with Crippen LogP contribution in [-0.4, -0.2) is 4.98 Å². The molecule has 1 nitrogen and oxygen atoms in total. The fourth-order valence-corrected chi connectivity index (χ4v) is 4.51. The van der Waals surface area contributed by atoms with E-state index in [-0.39, 0.29) is 0 Å². The van der Waals surface area contributed by atoms with Gasteiger partial charge in [-0.25, -0.2) is 0 Å². The standard InChI is InChI=1S/C24H21N/c1-16-5-4-8-19-18(16)9-10-22-20-6-2-3-7-21(20)23(15-24(19)22)17-11-13-25-14-12-17/h2-3,6-7,9-16H,4-5,8H2,1H3. The van der Waals surface area contributed by atoms with Gasteiger partial charge in [0.2, 0.25) is 0 Å². The summed E-state index contributed by atoms with van der Waals surface area (Å²) in [4.78, 5) is 4.19. The third-order valence-corrected chi connectivity index (χ3v) is 5.78. The number of aryl methyl sites for hydroxylation is 1. The van der Waals surface area contributed by atoms with Crippen LogP contribution in [0.5, 0.6) is 0 Å². The van der Waals surface area contributed by atoms with Gasteiger partial charge in [0, 0.05) is 12.4 Å². The lowest BCUT2D eigenvalue weighted by Gasteiger charge is -2.25.